The molecule has 1 amide bonds. The van der Waals surface area contributed by atoms with Gasteiger partial charge in [-0.3, -0.25) is 4.79 Å². The van der Waals surface area contributed by atoms with Crippen LogP contribution in [0.15, 0.2) is 48.5 Å². The van der Waals surface area contributed by atoms with E-state index in [1.165, 1.54) is 6.07 Å². The van der Waals surface area contributed by atoms with Crippen LogP contribution in [0.3, 0.4) is 0 Å². The molecule has 3 nitrogen and oxygen atoms in total. The lowest BCUT2D eigenvalue weighted by atomic mass is 10.2. The van der Waals surface area contributed by atoms with Crippen molar-refractivity contribution in [3.05, 3.63) is 65.5 Å². The zero-order chi connectivity index (χ0) is 18.1. The number of hydrogen-bond acceptors (Lipinski definition) is 3. The molecule has 134 valence electrons. The molecular formula is C20H24FNO2S. The van der Waals surface area contributed by atoms with Crippen molar-refractivity contribution in [3.63, 3.8) is 0 Å². The van der Waals surface area contributed by atoms with Crippen molar-refractivity contribution in [1.29, 1.82) is 0 Å². The fraction of sp³-hybridized carbons (Fsp3) is 0.350. The van der Waals surface area contributed by atoms with Crippen LogP contribution in [0.5, 0.6) is 5.75 Å². The van der Waals surface area contributed by atoms with Crippen molar-refractivity contribution in [3.8, 4) is 5.75 Å². The van der Waals surface area contributed by atoms with Crippen molar-refractivity contribution >= 4 is 17.7 Å². The van der Waals surface area contributed by atoms with E-state index in [-0.39, 0.29) is 11.7 Å². The molecule has 2 aromatic carbocycles. The summed E-state index contributed by atoms with van der Waals surface area (Å²) in [6, 6.07) is 14.4. The second kappa shape index (κ2) is 10.1. The maximum Gasteiger partial charge on any atom is 0.261 e. The van der Waals surface area contributed by atoms with E-state index < -0.39 is 6.10 Å². The van der Waals surface area contributed by atoms with E-state index in [2.05, 4.69) is 5.32 Å². The summed E-state index contributed by atoms with van der Waals surface area (Å²) in [4.78, 5) is 12.2. The first-order valence-corrected chi connectivity index (χ1v) is 9.57. The predicted molar refractivity (Wildman–Crippen MR) is 101 cm³/mol. The van der Waals surface area contributed by atoms with Crippen LogP contribution in [-0.4, -0.2) is 24.3 Å². The molecule has 2 aromatic rings. The molecule has 2 rings (SSSR count). The SMILES string of the molecule is CC[C@H](Oc1ccc(C)cc1)C(=O)NCCSCc1ccccc1F. The van der Waals surface area contributed by atoms with E-state index in [1.54, 1.807) is 23.9 Å². The van der Waals surface area contributed by atoms with Crippen LogP contribution >= 0.6 is 11.8 Å². The number of ether oxygens (including phenoxy) is 1. The van der Waals surface area contributed by atoms with Gasteiger partial charge in [-0.1, -0.05) is 42.8 Å². The predicted octanol–water partition coefficient (Wildman–Crippen LogP) is 4.34. The number of halogens is 1. The lowest BCUT2D eigenvalue weighted by molar-refractivity contribution is -0.127. The zero-order valence-electron chi connectivity index (χ0n) is 14.6. The molecule has 0 radical (unpaired) electrons. The van der Waals surface area contributed by atoms with Crippen molar-refractivity contribution in [1.82, 2.24) is 5.32 Å². The normalized spacial score (nSPS) is 11.8. The van der Waals surface area contributed by atoms with Crippen LogP contribution in [0.25, 0.3) is 0 Å². The number of benzene rings is 2. The van der Waals surface area contributed by atoms with E-state index in [4.69, 9.17) is 4.74 Å². The van der Waals surface area contributed by atoms with E-state index >= 15 is 0 Å². The number of amides is 1. The number of carbonyl (C=O) groups excluding carboxylic acids is 1. The molecule has 0 fully saturated rings. The van der Waals surface area contributed by atoms with Gasteiger partial charge < -0.3 is 10.1 Å². The summed E-state index contributed by atoms with van der Waals surface area (Å²) in [6.07, 6.45) is 0.0986. The van der Waals surface area contributed by atoms with Crippen LogP contribution in [0, 0.1) is 12.7 Å². The van der Waals surface area contributed by atoms with Gasteiger partial charge in [0.1, 0.15) is 11.6 Å². The number of hydrogen-bond donors (Lipinski definition) is 1. The zero-order valence-corrected chi connectivity index (χ0v) is 15.4. The molecule has 0 bridgehead atoms. The third-order valence-electron chi connectivity index (χ3n) is 3.72. The first-order chi connectivity index (χ1) is 12.1. The number of aryl methyl sites for hydroxylation is 1. The van der Waals surface area contributed by atoms with Gasteiger partial charge in [-0.2, -0.15) is 11.8 Å². The van der Waals surface area contributed by atoms with Gasteiger partial charge in [-0.05, 0) is 37.1 Å². The summed E-state index contributed by atoms with van der Waals surface area (Å²) in [7, 11) is 0. The molecular weight excluding hydrogens is 337 g/mol. The van der Waals surface area contributed by atoms with E-state index in [1.807, 2.05) is 44.2 Å². The van der Waals surface area contributed by atoms with Gasteiger partial charge in [0.25, 0.3) is 5.91 Å². The minimum Gasteiger partial charge on any atom is -0.481 e. The average Bonchev–Trinajstić information content (AvgIpc) is 2.62. The van der Waals surface area contributed by atoms with Gasteiger partial charge in [-0.25, -0.2) is 4.39 Å². The molecule has 0 unspecified atom stereocenters. The van der Waals surface area contributed by atoms with E-state index in [0.717, 1.165) is 11.3 Å². The lowest BCUT2D eigenvalue weighted by Gasteiger charge is -2.17. The number of thioether (sulfide) groups is 1. The number of carbonyl (C=O) groups is 1. The summed E-state index contributed by atoms with van der Waals surface area (Å²) in [5, 5.41) is 2.89. The third-order valence-corrected chi connectivity index (χ3v) is 4.73. The van der Waals surface area contributed by atoms with Gasteiger partial charge in [0, 0.05) is 18.1 Å². The molecule has 0 saturated heterocycles. The summed E-state index contributed by atoms with van der Waals surface area (Å²) < 4.78 is 19.3. The lowest BCUT2D eigenvalue weighted by Crippen LogP contribution is -2.39. The van der Waals surface area contributed by atoms with Crippen LogP contribution in [-0.2, 0) is 10.5 Å². The summed E-state index contributed by atoms with van der Waals surface area (Å²) >= 11 is 1.59. The van der Waals surface area contributed by atoms with Crippen LogP contribution in [0.2, 0.25) is 0 Å². The molecule has 25 heavy (non-hydrogen) atoms. The monoisotopic (exact) mass is 361 g/mol. The molecule has 0 aliphatic rings. The smallest absolute Gasteiger partial charge is 0.261 e. The van der Waals surface area contributed by atoms with E-state index in [0.29, 0.717) is 30.0 Å². The molecule has 5 heteroatoms. The van der Waals surface area contributed by atoms with Crippen molar-refractivity contribution in [2.24, 2.45) is 0 Å². The quantitative estimate of drug-likeness (QED) is 0.675. The molecule has 0 aliphatic carbocycles. The standard InChI is InChI=1S/C20H24FNO2S/c1-3-19(24-17-10-8-15(2)9-11-17)20(23)22-12-13-25-14-16-6-4-5-7-18(16)21/h4-11,19H,3,12-14H2,1-2H3,(H,22,23)/t19-/m0/s1. The second-order valence-electron chi connectivity index (χ2n) is 5.76. The van der Waals surface area contributed by atoms with Crippen LogP contribution < -0.4 is 10.1 Å². The second-order valence-corrected chi connectivity index (χ2v) is 6.87. The molecule has 0 aliphatic heterocycles. The minimum atomic E-state index is -0.501. The Kier molecular flexibility index (Phi) is 7.79. The Morgan fingerprint density at radius 2 is 1.92 bits per heavy atom. The summed E-state index contributed by atoms with van der Waals surface area (Å²) in [5.74, 6) is 1.72. The van der Waals surface area contributed by atoms with Crippen molar-refractivity contribution < 1.29 is 13.9 Å². The van der Waals surface area contributed by atoms with Gasteiger partial charge in [-0.15, -0.1) is 0 Å². The van der Waals surface area contributed by atoms with Gasteiger partial charge >= 0.3 is 0 Å². The van der Waals surface area contributed by atoms with Gasteiger partial charge in [0.15, 0.2) is 6.10 Å². The highest BCUT2D eigenvalue weighted by molar-refractivity contribution is 7.98. The Labute approximate surface area is 153 Å². The highest BCUT2D eigenvalue weighted by atomic mass is 32.2. The Hall–Kier alpha value is -2.01. The van der Waals surface area contributed by atoms with Crippen LogP contribution in [0.4, 0.5) is 4.39 Å². The molecule has 1 N–H and O–H groups in total. The Morgan fingerprint density at radius 3 is 2.60 bits per heavy atom. The van der Waals surface area contributed by atoms with Gasteiger partial charge in [0.05, 0.1) is 0 Å². The molecule has 0 aromatic heterocycles. The fourth-order valence-corrected chi connectivity index (χ4v) is 3.11. The van der Waals surface area contributed by atoms with E-state index in [9.17, 15) is 9.18 Å². The van der Waals surface area contributed by atoms with Gasteiger partial charge in [0.2, 0.25) is 0 Å². The number of nitrogens with one attached hydrogen (secondary N) is 1. The summed E-state index contributed by atoms with van der Waals surface area (Å²) in [6.45, 7) is 4.46. The largest absolute Gasteiger partial charge is 0.481 e. The highest BCUT2D eigenvalue weighted by Crippen LogP contribution is 2.16. The molecule has 0 heterocycles. The topological polar surface area (TPSA) is 38.3 Å². The maximum absolute atomic E-state index is 13.5. The molecule has 0 saturated carbocycles. The Bertz CT molecular complexity index is 676. The van der Waals surface area contributed by atoms with Crippen LogP contribution in [0.1, 0.15) is 24.5 Å². The first-order valence-electron chi connectivity index (χ1n) is 8.42. The Balaban J connectivity index is 1.71. The third kappa shape index (κ3) is 6.42. The van der Waals surface area contributed by atoms with Crippen molar-refractivity contribution in [2.75, 3.05) is 12.3 Å². The average molecular weight is 361 g/mol. The molecule has 0 spiro atoms. The Morgan fingerprint density at radius 1 is 1.20 bits per heavy atom. The highest BCUT2D eigenvalue weighted by Gasteiger charge is 2.17. The first kappa shape index (κ1) is 19.3. The van der Waals surface area contributed by atoms with Crippen molar-refractivity contribution in [2.45, 2.75) is 32.1 Å². The minimum absolute atomic E-state index is 0.116. The fourth-order valence-electron chi connectivity index (χ4n) is 2.26. The molecule has 1 atom stereocenters. The maximum atomic E-state index is 13.5. The number of rotatable bonds is 9. The summed E-state index contributed by atoms with van der Waals surface area (Å²) in [5.41, 5.74) is 1.84.